The zero-order valence-electron chi connectivity index (χ0n) is 14.0. The van der Waals surface area contributed by atoms with Crippen LogP contribution in [0.4, 0.5) is 4.39 Å². The van der Waals surface area contributed by atoms with Gasteiger partial charge in [0.1, 0.15) is 17.3 Å². The van der Waals surface area contributed by atoms with Gasteiger partial charge in [-0.1, -0.05) is 0 Å². The summed E-state index contributed by atoms with van der Waals surface area (Å²) in [6.45, 7) is 2.11. The molecule has 0 bridgehead atoms. The standard InChI is InChI=1S/C17H21FN4O2.ClH/c1-24-15-8-12(7-13(18)9-15)10-20-17(23)16-4-6-22(21-16)14-3-2-5-19-11-14;/h4,6-9,14,19H,2-3,5,10-11H2,1H3,(H,20,23);1H. The zero-order chi connectivity index (χ0) is 16.9. The molecule has 0 saturated carbocycles. The van der Waals surface area contributed by atoms with Crippen LogP contribution in [0.3, 0.4) is 0 Å². The number of methoxy groups -OCH3 is 1. The quantitative estimate of drug-likeness (QED) is 0.849. The minimum absolute atomic E-state index is 0. The SMILES string of the molecule is COc1cc(F)cc(CNC(=O)c2ccn(C3CCCNC3)n2)c1.Cl. The van der Waals surface area contributed by atoms with Gasteiger partial charge >= 0.3 is 0 Å². The molecule has 1 atom stereocenters. The molecule has 8 heteroatoms. The summed E-state index contributed by atoms with van der Waals surface area (Å²) in [5.74, 6) is -0.248. The molecule has 25 heavy (non-hydrogen) atoms. The summed E-state index contributed by atoms with van der Waals surface area (Å²) in [7, 11) is 1.48. The second kappa shape index (κ2) is 8.82. The smallest absolute Gasteiger partial charge is 0.272 e. The molecule has 136 valence electrons. The highest BCUT2D eigenvalue weighted by atomic mass is 35.5. The molecule has 2 heterocycles. The van der Waals surface area contributed by atoms with Gasteiger partial charge < -0.3 is 15.4 Å². The highest BCUT2D eigenvalue weighted by Crippen LogP contribution is 2.17. The third kappa shape index (κ3) is 4.93. The third-order valence-corrected chi connectivity index (χ3v) is 4.11. The third-order valence-electron chi connectivity index (χ3n) is 4.11. The summed E-state index contributed by atoms with van der Waals surface area (Å²) in [6, 6.07) is 6.35. The summed E-state index contributed by atoms with van der Waals surface area (Å²) in [5.41, 5.74) is 1.00. The van der Waals surface area contributed by atoms with Crippen LogP contribution in [-0.2, 0) is 6.54 Å². The van der Waals surface area contributed by atoms with Crippen molar-refractivity contribution < 1.29 is 13.9 Å². The maximum Gasteiger partial charge on any atom is 0.272 e. The Hall–Kier alpha value is -2.12. The molecule has 3 rings (SSSR count). The first kappa shape index (κ1) is 19.2. The van der Waals surface area contributed by atoms with Gasteiger partial charge in [-0.2, -0.15) is 5.10 Å². The second-order valence-electron chi connectivity index (χ2n) is 5.86. The lowest BCUT2D eigenvalue weighted by Gasteiger charge is -2.22. The largest absolute Gasteiger partial charge is 0.497 e. The van der Waals surface area contributed by atoms with Crippen molar-refractivity contribution in [2.24, 2.45) is 0 Å². The summed E-state index contributed by atoms with van der Waals surface area (Å²) in [5, 5.41) is 10.4. The lowest BCUT2D eigenvalue weighted by Crippen LogP contribution is -2.32. The molecular formula is C17H22ClFN4O2. The number of benzene rings is 1. The van der Waals surface area contributed by atoms with E-state index in [0.29, 0.717) is 17.0 Å². The van der Waals surface area contributed by atoms with Crippen LogP contribution in [-0.4, -0.2) is 35.9 Å². The first-order valence-electron chi connectivity index (χ1n) is 8.03. The molecule has 0 aliphatic carbocycles. The van der Waals surface area contributed by atoms with Gasteiger partial charge in [-0.05, 0) is 43.1 Å². The van der Waals surface area contributed by atoms with Crippen molar-refractivity contribution in [2.45, 2.75) is 25.4 Å². The van der Waals surface area contributed by atoms with E-state index in [-0.39, 0.29) is 30.9 Å². The molecule has 6 nitrogen and oxygen atoms in total. The Balaban J connectivity index is 0.00000225. The lowest BCUT2D eigenvalue weighted by molar-refractivity contribution is 0.0944. The molecule has 0 spiro atoms. The van der Waals surface area contributed by atoms with E-state index in [1.165, 1.54) is 19.2 Å². The number of amides is 1. The summed E-state index contributed by atoms with van der Waals surface area (Å²) in [6.07, 6.45) is 3.99. The van der Waals surface area contributed by atoms with Crippen molar-refractivity contribution in [3.8, 4) is 5.75 Å². The van der Waals surface area contributed by atoms with E-state index < -0.39 is 5.82 Å². The number of ether oxygens (including phenoxy) is 1. The molecule has 0 radical (unpaired) electrons. The van der Waals surface area contributed by atoms with Crippen molar-refractivity contribution >= 4 is 18.3 Å². The van der Waals surface area contributed by atoms with Gasteiger partial charge in [-0.3, -0.25) is 9.48 Å². The highest BCUT2D eigenvalue weighted by molar-refractivity contribution is 5.92. The van der Waals surface area contributed by atoms with Crippen molar-refractivity contribution in [2.75, 3.05) is 20.2 Å². The van der Waals surface area contributed by atoms with Crippen molar-refractivity contribution in [3.05, 3.63) is 47.5 Å². The lowest BCUT2D eigenvalue weighted by atomic mass is 10.1. The number of nitrogens with one attached hydrogen (secondary N) is 2. The number of nitrogens with zero attached hydrogens (tertiary/aromatic N) is 2. The van der Waals surface area contributed by atoms with Crippen LogP contribution in [0.5, 0.6) is 5.75 Å². The van der Waals surface area contributed by atoms with Gasteiger partial charge in [0, 0.05) is 25.4 Å². The normalized spacial score (nSPS) is 16.8. The minimum Gasteiger partial charge on any atom is -0.497 e. The number of aromatic nitrogens is 2. The van der Waals surface area contributed by atoms with Crippen LogP contribution >= 0.6 is 12.4 Å². The molecule has 1 fully saturated rings. The van der Waals surface area contributed by atoms with E-state index in [1.807, 2.05) is 10.9 Å². The minimum atomic E-state index is -0.396. The molecule has 1 aliphatic rings. The monoisotopic (exact) mass is 368 g/mol. The van der Waals surface area contributed by atoms with Gasteiger partial charge in [-0.15, -0.1) is 12.4 Å². The van der Waals surface area contributed by atoms with E-state index in [2.05, 4.69) is 15.7 Å². The van der Waals surface area contributed by atoms with E-state index in [0.717, 1.165) is 25.9 Å². The highest BCUT2D eigenvalue weighted by Gasteiger charge is 2.17. The molecule has 1 saturated heterocycles. The number of hydrogen-bond donors (Lipinski definition) is 2. The summed E-state index contributed by atoms with van der Waals surface area (Å²) >= 11 is 0. The molecule has 1 aromatic heterocycles. The number of piperidine rings is 1. The van der Waals surface area contributed by atoms with E-state index in [4.69, 9.17) is 4.74 Å². The van der Waals surface area contributed by atoms with Gasteiger partial charge in [0.05, 0.1) is 13.2 Å². The Labute approximate surface area is 152 Å². The number of halogens is 2. The van der Waals surface area contributed by atoms with Crippen LogP contribution in [0.25, 0.3) is 0 Å². The van der Waals surface area contributed by atoms with Crippen molar-refractivity contribution in [3.63, 3.8) is 0 Å². The molecule has 1 unspecified atom stereocenters. The second-order valence-corrected chi connectivity index (χ2v) is 5.86. The fourth-order valence-corrected chi connectivity index (χ4v) is 2.84. The van der Waals surface area contributed by atoms with Crippen molar-refractivity contribution in [1.29, 1.82) is 0 Å². The fourth-order valence-electron chi connectivity index (χ4n) is 2.84. The first-order valence-corrected chi connectivity index (χ1v) is 8.03. The van der Waals surface area contributed by atoms with Crippen LogP contribution in [0.15, 0.2) is 30.5 Å². The molecule has 1 aromatic carbocycles. The van der Waals surface area contributed by atoms with E-state index in [9.17, 15) is 9.18 Å². The fraction of sp³-hybridized carbons (Fsp3) is 0.412. The summed E-state index contributed by atoms with van der Waals surface area (Å²) in [4.78, 5) is 12.2. The van der Waals surface area contributed by atoms with Crippen LogP contribution < -0.4 is 15.4 Å². The van der Waals surface area contributed by atoms with Gasteiger partial charge in [0.2, 0.25) is 0 Å². The Morgan fingerprint density at radius 3 is 3.04 bits per heavy atom. The average Bonchev–Trinajstić information content (AvgIpc) is 3.10. The molecule has 1 amide bonds. The number of hydrogen-bond acceptors (Lipinski definition) is 4. The number of carbonyl (C=O) groups excluding carboxylic acids is 1. The molecular weight excluding hydrogens is 347 g/mol. The van der Waals surface area contributed by atoms with Gasteiger partial charge in [0.25, 0.3) is 5.91 Å². The summed E-state index contributed by atoms with van der Waals surface area (Å²) < 4.78 is 20.3. The molecule has 1 aliphatic heterocycles. The number of carbonyl (C=O) groups is 1. The topological polar surface area (TPSA) is 68.2 Å². The maximum atomic E-state index is 13.5. The Kier molecular flexibility index (Phi) is 6.78. The van der Waals surface area contributed by atoms with Crippen LogP contribution in [0, 0.1) is 5.82 Å². The molecule has 2 aromatic rings. The predicted molar refractivity (Wildman–Crippen MR) is 94.7 cm³/mol. The number of rotatable bonds is 5. The van der Waals surface area contributed by atoms with E-state index in [1.54, 1.807) is 12.1 Å². The Morgan fingerprint density at radius 2 is 2.32 bits per heavy atom. The predicted octanol–water partition coefficient (Wildman–Crippen LogP) is 2.31. The van der Waals surface area contributed by atoms with Gasteiger partial charge in [-0.25, -0.2) is 4.39 Å². The Morgan fingerprint density at radius 1 is 1.48 bits per heavy atom. The molecule has 2 N–H and O–H groups in total. The maximum absolute atomic E-state index is 13.5. The van der Waals surface area contributed by atoms with Gasteiger partial charge in [0.15, 0.2) is 0 Å². The van der Waals surface area contributed by atoms with Crippen LogP contribution in [0.2, 0.25) is 0 Å². The average molecular weight is 369 g/mol. The first-order chi connectivity index (χ1) is 11.7. The van der Waals surface area contributed by atoms with E-state index >= 15 is 0 Å². The Bertz CT molecular complexity index is 716. The zero-order valence-corrected chi connectivity index (χ0v) is 14.8. The van der Waals surface area contributed by atoms with Crippen molar-refractivity contribution in [1.82, 2.24) is 20.4 Å². The van der Waals surface area contributed by atoms with Crippen LogP contribution in [0.1, 0.15) is 34.9 Å².